The maximum atomic E-state index is 11.9. The van der Waals surface area contributed by atoms with E-state index < -0.39 is 0 Å². The van der Waals surface area contributed by atoms with Gasteiger partial charge in [-0.2, -0.15) is 0 Å². The summed E-state index contributed by atoms with van der Waals surface area (Å²) in [6.45, 7) is 8.62. The molecule has 27 heavy (non-hydrogen) atoms. The van der Waals surface area contributed by atoms with Crippen LogP contribution in [0.15, 0.2) is 52.3 Å². The van der Waals surface area contributed by atoms with E-state index in [1.807, 2.05) is 6.07 Å². The van der Waals surface area contributed by atoms with Crippen molar-refractivity contribution in [2.24, 2.45) is 5.92 Å². The van der Waals surface area contributed by atoms with E-state index in [1.165, 1.54) is 47.1 Å². The van der Waals surface area contributed by atoms with Crippen LogP contribution in [0.5, 0.6) is 0 Å². The van der Waals surface area contributed by atoms with Crippen molar-refractivity contribution in [3.8, 4) is 0 Å². The fourth-order valence-electron chi connectivity index (χ4n) is 4.03. The molecule has 0 saturated carbocycles. The molecule has 0 bridgehead atoms. The van der Waals surface area contributed by atoms with E-state index in [4.69, 9.17) is 0 Å². The molecule has 3 nitrogen and oxygen atoms in total. The van der Waals surface area contributed by atoms with E-state index in [0.29, 0.717) is 0 Å². The van der Waals surface area contributed by atoms with Crippen LogP contribution in [0.2, 0.25) is 0 Å². The quantitative estimate of drug-likeness (QED) is 0.629. The minimum Gasteiger partial charge on any atom is -0.340 e. The lowest BCUT2D eigenvalue weighted by molar-refractivity contribution is 0.101. The van der Waals surface area contributed by atoms with Crippen molar-refractivity contribution >= 4 is 28.9 Å². The predicted octanol–water partition coefficient (Wildman–Crippen LogP) is 5.61. The van der Waals surface area contributed by atoms with Gasteiger partial charge in [-0.1, -0.05) is 36.9 Å². The molecule has 2 aliphatic rings. The molecule has 0 radical (unpaired) electrons. The van der Waals surface area contributed by atoms with E-state index in [-0.39, 0.29) is 5.78 Å². The third-order valence-electron chi connectivity index (χ3n) is 5.76. The lowest BCUT2D eigenvalue weighted by Gasteiger charge is -2.34. The predicted molar refractivity (Wildman–Crippen MR) is 113 cm³/mol. The number of anilines is 2. The zero-order valence-corrected chi connectivity index (χ0v) is 17.1. The van der Waals surface area contributed by atoms with Crippen molar-refractivity contribution in [3.63, 3.8) is 0 Å². The highest BCUT2D eigenvalue weighted by molar-refractivity contribution is 7.99. The fourth-order valence-corrected chi connectivity index (χ4v) is 5.10. The van der Waals surface area contributed by atoms with Crippen LogP contribution in [0.4, 0.5) is 11.4 Å². The highest BCUT2D eigenvalue weighted by Crippen LogP contribution is 2.48. The van der Waals surface area contributed by atoms with E-state index in [0.717, 1.165) is 31.0 Å². The Bertz CT molecular complexity index is 827. The maximum Gasteiger partial charge on any atom is 0.159 e. The Morgan fingerprint density at radius 1 is 1.04 bits per heavy atom. The van der Waals surface area contributed by atoms with E-state index in [9.17, 15) is 4.79 Å². The van der Waals surface area contributed by atoms with Gasteiger partial charge >= 0.3 is 0 Å². The van der Waals surface area contributed by atoms with Crippen molar-refractivity contribution in [1.29, 1.82) is 0 Å². The molecule has 0 aromatic heterocycles. The van der Waals surface area contributed by atoms with Crippen molar-refractivity contribution in [3.05, 3.63) is 48.0 Å². The van der Waals surface area contributed by atoms with Crippen molar-refractivity contribution in [2.75, 3.05) is 31.1 Å². The van der Waals surface area contributed by atoms with Crippen LogP contribution in [0.25, 0.3) is 0 Å². The lowest BCUT2D eigenvalue weighted by atomic mass is 9.99. The summed E-state index contributed by atoms with van der Waals surface area (Å²) in [5.41, 5.74) is 3.24. The van der Waals surface area contributed by atoms with Gasteiger partial charge in [0.15, 0.2) is 5.78 Å². The van der Waals surface area contributed by atoms with Gasteiger partial charge in [0.25, 0.3) is 0 Å². The summed E-state index contributed by atoms with van der Waals surface area (Å²) in [4.78, 5) is 19.5. The van der Waals surface area contributed by atoms with Gasteiger partial charge in [-0.25, -0.2) is 0 Å². The number of carbonyl (C=O) groups excluding carboxylic acids is 1. The average molecular weight is 381 g/mol. The second-order valence-corrected chi connectivity index (χ2v) is 8.92. The standard InChI is InChI=1S/C23H28N2OS/c1-17-10-14-24(15-11-17)12-5-13-25-20-6-3-4-7-22(20)27-23-9-8-19(18(2)26)16-21(23)25/h3-4,6-9,16-17H,5,10-15H2,1-2H3. The average Bonchev–Trinajstić information content (AvgIpc) is 2.68. The SMILES string of the molecule is CC(=O)c1ccc2c(c1)N(CCCN1CCC(C)CC1)c1ccccc1S2. The summed E-state index contributed by atoms with van der Waals surface area (Å²) in [5.74, 6) is 1.01. The lowest BCUT2D eigenvalue weighted by Crippen LogP contribution is -2.35. The zero-order chi connectivity index (χ0) is 18.8. The number of nitrogens with zero attached hydrogens (tertiary/aromatic N) is 2. The summed E-state index contributed by atoms with van der Waals surface area (Å²) in [6, 6.07) is 14.7. The normalized spacial score (nSPS) is 17.5. The molecular formula is C23H28N2OS. The van der Waals surface area contributed by atoms with Crippen LogP contribution in [0, 0.1) is 5.92 Å². The molecule has 142 valence electrons. The maximum absolute atomic E-state index is 11.9. The Balaban J connectivity index is 1.53. The molecule has 0 atom stereocenters. The molecule has 0 spiro atoms. The van der Waals surface area contributed by atoms with Gasteiger partial charge in [0, 0.05) is 21.9 Å². The van der Waals surface area contributed by atoms with Crippen molar-refractivity contribution < 1.29 is 4.79 Å². The van der Waals surface area contributed by atoms with Gasteiger partial charge in [0.2, 0.25) is 0 Å². The monoisotopic (exact) mass is 380 g/mol. The smallest absolute Gasteiger partial charge is 0.159 e. The topological polar surface area (TPSA) is 23.6 Å². The zero-order valence-electron chi connectivity index (χ0n) is 16.3. The molecule has 2 aromatic carbocycles. The number of likely N-dealkylation sites (tertiary alicyclic amines) is 1. The number of carbonyl (C=O) groups is 1. The first-order valence-electron chi connectivity index (χ1n) is 10.0. The molecule has 0 N–H and O–H groups in total. The molecule has 4 heteroatoms. The third kappa shape index (κ3) is 4.07. The van der Waals surface area contributed by atoms with Gasteiger partial charge in [-0.15, -0.1) is 0 Å². The number of piperidine rings is 1. The number of rotatable bonds is 5. The van der Waals surface area contributed by atoms with E-state index in [1.54, 1.807) is 18.7 Å². The Morgan fingerprint density at radius 2 is 1.78 bits per heavy atom. The number of fused-ring (bicyclic) bond motifs is 2. The van der Waals surface area contributed by atoms with Gasteiger partial charge in [-0.05, 0) is 76.0 Å². The van der Waals surface area contributed by atoms with Crippen LogP contribution in [0.3, 0.4) is 0 Å². The summed E-state index contributed by atoms with van der Waals surface area (Å²) >= 11 is 1.81. The van der Waals surface area contributed by atoms with Gasteiger partial charge in [0.1, 0.15) is 0 Å². The Kier molecular flexibility index (Phi) is 5.55. The Labute approximate surface area is 166 Å². The minimum absolute atomic E-state index is 0.129. The first-order valence-corrected chi connectivity index (χ1v) is 10.9. The second kappa shape index (κ2) is 8.07. The first kappa shape index (κ1) is 18.6. The molecule has 2 aromatic rings. The van der Waals surface area contributed by atoms with E-state index >= 15 is 0 Å². The molecule has 1 saturated heterocycles. The van der Waals surface area contributed by atoms with E-state index in [2.05, 4.69) is 53.1 Å². The van der Waals surface area contributed by atoms with Crippen LogP contribution < -0.4 is 4.90 Å². The van der Waals surface area contributed by atoms with Gasteiger partial charge in [-0.3, -0.25) is 4.79 Å². The number of hydrogen-bond donors (Lipinski definition) is 0. The number of hydrogen-bond acceptors (Lipinski definition) is 4. The van der Waals surface area contributed by atoms with Crippen molar-refractivity contribution in [2.45, 2.75) is 42.9 Å². The van der Waals surface area contributed by atoms with Crippen LogP contribution in [0.1, 0.15) is 43.5 Å². The molecule has 0 unspecified atom stereocenters. The summed E-state index contributed by atoms with van der Waals surface area (Å²) in [7, 11) is 0. The van der Waals surface area contributed by atoms with Crippen LogP contribution in [-0.4, -0.2) is 36.9 Å². The number of benzene rings is 2. The third-order valence-corrected chi connectivity index (χ3v) is 6.89. The Morgan fingerprint density at radius 3 is 2.56 bits per heavy atom. The highest BCUT2D eigenvalue weighted by atomic mass is 32.2. The van der Waals surface area contributed by atoms with Crippen molar-refractivity contribution in [1.82, 2.24) is 4.90 Å². The molecule has 2 aliphatic heterocycles. The largest absolute Gasteiger partial charge is 0.340 e. The highest BCUT2D eigenvalue weighted by Gasteiger charge is 2.24. The number of para-hydroxylation sites is 1. The van der Waals surface area contributed by atoms with Gasteiger partial charge in [0.05, 0.1) is 11.4 Å². The fraction of sp³-hybridized carbons (Fsp3) is 0.435. The number of ketones is 1. The van der Waals surface area contributed by atoms with Gasteiger partial charge < -0.3 is 9.80 Å². The molecule has 0 amide bonds. The minimum atomic E-state index is 0.129. The second-order valence-electron chi connectivity index (χ2n) is 7.84. The van der Waals surface area contributed by atoms with Crippen LogP contribution >= 0.6 is 11.8 Å². The molecule has 1 fully saturated rings. The summed E-state index contributed by atoms with van der Waals surface area (Å²) in [5, 5.41) is 0. The number of Topliss-reactive ketones (excluding diaryl/α,β-unsaturated/α-hetero) is 1. The Hall–Kier alpha value is -1.78. The molecular weight excluding hydrogens is 352 g/mol. The molecule has 4 rings (SSSR count). The summed E-state index contributed by atoms with van der Waals surface area (Å²) < 4.78 is 0. The molecule has 0 aliphatic carbocycles. The van der Waals surface area contributed by atoms with Crippen LogP contribution in [-0.2, 0) is 0 Å². The summed E-state index contributed by atoms with van der Waals surface area (Å²) in [6.07, 6.45) is 3.79. The first-order chi connectivity index (χ1) is 13.1. The molecule has 2 heterocycles.